The van der Waals surface area contributed by atoms with Crippen LogP contribution >= 0.6 is 0 Å². The Morgan fingerprint density at radius 3 is 2.50 bits per heavy atom. The van der Waals surface area contributed by atoms with Crippen LogP contribution in [-0.4, -0.2) is 38.8 Å². The van der Waals surface area contributed by atoms with Crippen molar-refractivity contribution < 1.29 is 22.4 Å². The monoisotopic (exact) mass is 478 g/mol. The molecule has 0 bridgehead atoms. The van der Waals surface area contributed by atoms with Crippen molar-refractivity contribution >= 4 is 43.6 Å². The minimum absolute atomic E-state index is 0.129. The number of sulfonamides is 1. The summed E-state index contributed by atoms with van der Waals surface area (Å²) >= 11 is 0. The molecule has 1 aromatic heterocycles. The van der Waals surface area contributed by atoms with Crippen LogP contribution in [0.25, 0.3) is 21.9 Å². The third-order valence-electron chi connectivity index (χ3n) is 6.35. The van der Waals surface area contributed by atoms with E-state index in [1.807, 2.05) is 30.3 Å². The van der Waals surface area contributed by atoms with Gasteiger partial charge in [-0.25, -0.2) is 8.42 Å². The number of fused-ring (bicyclic) bond motifs is 3. The van der Waals surface area contributed by atoms with Gasteiger partial charge in [0, 0.05) is 35.5 Å². The molecule has 0 radical (unpaired) electrons. The molecule has 4 aromatic rings. The number of aryl methyl sites for hydroxylation is 1. The van der Waals surface area contributed by atoms with Gasteiger partial charge in [0.05, 0.1) is 17.7 Å². The van der Waals surface area contributed by atoms with Crippen molar-refractivity contribution in [1.29, 1.82) is 0 Å². The normalized spacial score (nSPS) is 15.0. The molecule has 34 heavy (non-hydrogen) atoms. The maximum absolute atomic E-state index is 13.3. The van der Waals surface area contributed by atoms with Crippen molar-refractivity contribution in [2.24, 2.45) is 0 Å². The molecule has 3 aromatic carbocycles. The van der Waals surface area contributed by atoms with Crippen LogP contribution in [0.1, 0.15) is 35.2 Å². The fraction of sp³-hybridized carbons (Fsp3) is 0.269. The van der Waals surface area contributed by atoms with E-state index in [1.54, 1.807) is 25.1 Å². The lowest BCUT2D eigenvalue weighted by atomic mass is 10.1. The molecule has 1 fully saturated rings. The minimum atomic E-state index is -3.65. The van der Waals surface area contributed by atoms with Gasteiger partial charge in [-0.2, -0.15) is 4.31 Å². The Kier molecular flexibility index (Phi) is 5.79. The summed E-state index contributed by atoms with van der Waals surface area (Å²) in [5, 5.41) is 4.72. The summed E-state index contributed by atoms with van der Waals surface area (Å²) < 4.78 is 39.2. The lowest BCUT2D eigenvalue weighted by Gasteiger charge is -2.26. The van der Waals surface area contributed by atoms with E-state index in [0.717, 1.165) is 35.6 Å². The second kappa shape index (κ2) is 8.77. The number of rotatable bonds is 5. The van der Waals surface area contributed by atoms with Gasteiger partial charge in [0.1, 0.15) is 16.9 Å². The molecule has 8 heteroatoms. The number of carbonyl (C=O) groups excluding carboxylic acids is 1. The number of nitrogens with zero attached hydrogens (tertiary/aromatic N) is 1. The molecule has 1 aliphatic heterocycles. The number of para-hydroxylation sites is 1. The van der Waals surface area contributed by atoms with Gasteiger partial charge in [-0.15, -0.1) is 0 Å². The van der Waals surface area contributed by atoms with Crippen molar-refractivity contribution in [2.75, 3.05) is 25.5 Å². The molecule has 1 saturated heterocycles. The SMILES string of the molecule is COc1cc2c(cc1NC(=O)c1cc(S(=O)(=O)N3CCCCC3)ccc1C)oc1ccccc12. The number of amides is 1. The van der Waals surface area contributed by atoms with E-state index < -0.39 is 15.9 Å². The molecule has 1 aliphatic rings. The van der Waals surface area contributed by atoms with Crippen molar-refractivity contribution in [1.82, 2.24) is 4.31 Å². The number of furan rings is 1. The highest BCUT2D eigenvalue weighted by atomic mass is 32.2. The maximum atomic E-state index is 13.3. The van der Waals surface area contributed by atoms with Crippen LogP contribution < -0.4 is 10.1 Å². The standard InChI is InChI=1S/C26H26N2O5S/c1-17-10-11-18(34(30,31)28-12-6-3-7-13-28)14-20(17)26(29)27-22-16-24-21(15-25(22)32-2)19-8-4-5-9-23(19)33-24/h4-5,8-11,14-16H,3,6-7,12-13H2,1-2H3,(H,27,29). The fourth-order valence-electron chi connectivity index (χ4n) is 4.47. The number of hydrogen-bond acceptors (Lipinski definition) is 5. The number of piperidine rings is 1. The van der Waals surface area contributed by atoms with Crippen LogP contribution in [0.5, 0.6) is 5.75 Å². The van der Waals surface area contributed by atoms with Gasteiger partial charge in [0.25, 0.3) is 5.91 Å². The van der Waals surface area contributed by atoms with Crippen molar-refractivity contribution in [3.05, 3.63) is 65.7 Å². The molecule has 1 amide bonds. The zero-order valence-corrected chi connectivity index (χ0v) is 19.9. The molecular weight excluding hydrogens is 452 g/mol. The first-order valence-electron chi connectivity index (χ1n) is 11.3. The van der Waals surface area contributed by atoms with Crippen LogP contribution in [0.4, 0.5) is 5.69 Å². The number of anilines is 1. The van der Waals surface area contributed by atoms with E-state index in [-0.39, 0.29) is 4.90 Å². The third-order valence-corrected chi connectivity index (χ3v) is 8.25. The van der Waals surface area contributed by atoms with Crippen LogP contribution in [0.3, 0.4) is 0 Å². The molecule has 0 aliphatic carbocycles. The number of hydrogen-bond donors (Lipinski definition) is 1. The number of nitrogens with one attached hydrogen (secondary N) is 1. The average Bonchev–Trinajstić information content (AvgIpc) is 3.21. The first kappa shape index (κ1) is 22.4. The van der Waals surface area contributed by atoms with E-state index in [2.05, 4.69) is 5.32 Å². The van der Waals surface area contributed by atoms with E-state index >= 15 is 0 Å². The molecule has 176 valence electrons. The second-order valence-corrected chi connectivity index (χ2v) is 10.5. The molecule has 5 rings (SSSR count). The van der Waals surface area contributed by atoms with Crippen molar-refractivity contribution in [2.45, 2.75) is 31.1 Å². The zero-order chi connectivity index (χ0) is 23.9. The Bertz CT molecular complexity index is 1500. The number of benzene rings is 3. The smallest absolute Gasteiger partial charge is 0.256 e. The highest BCUT2D eigenvalue weighted by Crippen LogP contribution is 2.36. The van der Waals surface area contributed by atoms with Gasteiger partial charge in [0.15, 0.2) is 0 Å². The highest BCUT2D eigenvalue weighted by molar-refractivity contribution is 7.89. The number of methoxy groups -OCH3 is 1. The lowest BCUT2D eigenvalue weighted by Crippen LogP contribution is -2.35. The van der Waals surface area contributed by atoms with E-state index in [9.17, 15) is 13.2 Å². The molecule has 1 N–H and O–H groups in total. The van der Waals surface area contributed by atoms with Gasteiger partial charge in [0.2, 0.25) is 10.0 Å². The second-order valence-electron chi connectivity index (χ2n) is 8.54. The Hall–Kier alpha value is -3.36. The zero-order valence-electron chi connectivity index (χ0n) is 19.1. The van der Waals surface area contributed by atoms with Gasteiger partial charge in [-0.1, -0.05) is 30.7 Å². The van der Waals surface area contributed by atoms with Crippen LogP contribution in [0.15, 0.2) is 63.9 Å². The van der Waals surface area contributed by atoms with Crippen LogP contribution in [-0.2, 0) is 10.0 Å². The summed E-state index contributed by atoms with van der Waals surface area (Å²) in [6, 6.07) is 16.0. The largest absolute Gasteiger partial charge is 0.495 e. The highest BCUT2D eigenvalue weighted by Gasteiger charge is 2.27. The molecule has 7 nitrogen and oxygen atoms in total. The summed E-state index contributed by atoms with van der Waals surface area (Å²) in [7, 11) is -2.11. The first-order valence-corrected chi connectivity index (χ1v) is 12.7. The molecule has 0 unspecified atom stereocenters. The fourth-order valence-corrected chi connectivity index (χ4v) is 6.01. The predicted octanol–water partition coefficient (Wildman–Crippen LogP) is 5.33. The minimum Gasteiger partial charge on any atom is -0.495 e. The Labute approximate surface area is 198 Å². The number of ether oxygens (including phenoxy) is 1. The summed E-state index contributed by atoms with van der Waals surface area (Å²) in [5.74, 6) is 0.0732. The van der Waals surface area contributed by atoms with Gasteiger partial charge >= 0.3 is 0 Å². The van der Waals surface area contributed by atoms with Gasteiger partial charge in [-0.3, -0.25) is 4.79 Å². The van der Waals surface area contributed by atoms with Crippen molar-refractivity contribution in [3.63, 3.8) is 0 Å². The summed E-state index contributed by atoms with van der Waals surface area (Å²) in [5.41, 5.74) is 2.79. The van der Waals surface area contributed by atoms with Crippen LogP contribution in [0.2, 0.25) is 0 Å². The predicted molar refractivity (Wildman–Crippen MR) is 132 cm³/mol. The average molecular weight is 479 g/mol. The molecule has 2 heterocycles. The Morgan fingerprint density at radius 1 is 0.971 bits per heavy atom. The molecule has 0 spiro atoms. The third kappa shape index (κ3) is 3.93. The van der Waals surface area contributed by atoms with Gasteiger partial charge < -0.3 is 14.5 Å². The topological polar surface area (TPSA) is 88.8 Å². The number of carbonyl (C=O) groups is 1. The molecular formula is C26H26N2O5S. The molecule has 0 atom stereocenters. The lowest BCUT2D eigenvalue weighted by molar-refractivity contribution is 0.102. The Balaban J connectivity index is 1.49. The first-order chi connectivity index (χ1) is 16.4. The molecule has 0 saturated carbocycles. The van der Waals surface area contributed by atoms with Crippen molar-refractivity contribution in [3.8, 4) is 5.75 Å². The summed E-state index contributed by atoms with van der Waals surface area (Å²) in [4.78, 5) is 13.4. The van der Waals surface area contributed by atoms with E-state index in [4.69, 9.17) is 9.15 Å². The van der Waals surface area contributed by atoms with Crippen LogP contribution in [0, 0.1) is 6.92 Å². The Morgan fingerprint density at radius 2 is 1.74 bits per heavy atom. The van der Waals surface area contributed by atoms with E-state index in [0.29, 0.717) is 41.2 Å². The summed E-state index contributed by atoms with van der Waals surface area (Å²) in [6.07, 6.45) is 2.73. The van der Waals surface area contributed by atoms with Gasteiger partial charge in [-0.05, 0) is 49.6 Å². The quantitative estimate of drug-likeness (QED) is 0.419. The summed E-state index contributed by atoms with van der Waals surface area (Å²) in [6.45, 7) is 2.80. The van der Waals surface area contributed by atoms with E-state index in [1.165, 1.54) is 17.5 Å². The maximum Gasteiger partial charge on any atom is 0.256 e.